The number of hydrogen-bond donors (Lipinski definition) is 0. The molecule has 0 saturated carbocycles. The monoisotopic (exact) mass is 368 g/mol. The maximum Gasteiger partial charge on any atom is 0.523 e. The summed E-state index contributed by atoms with van der Waals surface area (Å²) in [6, 6.07) is -1.03. The molecule has 0 aromatic carbocycles. The molecular formula is C14H20N2O6Si2. The molecule has 0 spiro atoms. The van der Waals surface area contributed by atoms with Gasteiger partial charge in [-0.25, -0.2) is 10.0 Å². The second-order valence-corrected chi connectivity index (χ2v) is 8.86. The summed E-state index contributed by atoms with van der Waals surface area (Å²) in [4.78, 5) is 25.0. The Balaban J connectivity index is 1.81. The Morgan fingerprint density at radius 3 is 1.58 bits per heavy atom. The number of carbonyl (C=O) groups excluding carboxylic acids is 2. The van der Waals surface area contributed by atoms with E-state index in [9.17, 15) is 9.59 Å². The van der Waals surface area contributed by atoms with Crippen molar-refractivity contribution in [2.24, 2.45) is 0 Å². The van der Waals surface area contributed by atoms with Crippen molar-refractivity contribution < 1.29 is 27.3 Å². The summed E-state index contributed by atoms with van der Waals surface area (Å²) < 4.78 is 22.2. The Bertz CT molecular complexity index is 536. The predicted octanol–water partition coefficient (Wildman–Crippen LogP) is -0.440. The Morgan fingerprint density at radius 1 is 0.833 bits per heavy atom. The standard InChI is InChI=1S/C14H20N2O6Si2/c1-13(2)9-5-7(11(17)19-23-21-13)16-10-6-8(15(9)16)12(18)20-24-22-14(10,3)4/h7-10H,5-6H2,1-4H3. The molecule has 24 heavy (non-hydrogen) atoms. The molecule has 4 fully saturated rings. The summed E-state index contributed by atoms with van der Waals surface area (Å²) in [5, 5.41) is 4.02. The predicted molar refractivity (Wildman–Crippen MR) is 82.1 cm³/mol. The molecule has 0 N–H and O–H groups in total. The normalized spacial score (nSPS) is 41.5. The van der Waals surface area contributed by atoms with Gasteiger partial charge in [0, 0.05) is 0 Å². The van der Waals surface area contributed by atoms with Gasteiger partial charge in [0.2, 0.25) is 0 Å². The average Bonchev–Trinajstić information content (AvgIpc) is 3.03. The van der Waals surface area contributed by atoms with E-state index in [0.717, 1.165) is 0 Å². The van der Waals surface area contributed by atoms with Crippen LogP contribution in [0.3, 0.4) is 0 Å². The molecule has 4 aliphatic rings. The van der Waals surface area contributed by atoms with Gasteiger partial charge in [-0.3, -0.25) is 9.59 Å². The largest absolute Gasteiger partial charge is 0.523 e. The molecule has 4 heterocycles. The van der Waals surface area contributed by atoms with Crippen molar-refractivity contribution in [3.8, 4) is 0 Å². The van der Waals surface area contributed by atoms with Crippen molar-refractivity contribution in [3.05, 3.63) is 0 Å². The van der Waals surface area contributed by atoms with Gasteiger partial charge >= 0.3 is 32.0 Å². The Hall–Kier alpha value is -0.786. The lowest BCUT2D eigenvalue weighted by molar-refractivity contribution is -0.152. The van der Waals surface area contributed by atoms with E-state index in [1.807, 2.05) is 37.7 Å². The maximum absolute atomic E-state index is 12.5. The molecule has 0 aromatic rings. The first kappa shape index (κ1) is 16.7. The van der Waals surface area contributed by atoms with E-state index in [1.165, 1.54) is 0 Å². The molecule has 8 nitrogen and oxygen atoms in total. The van der Waals surface area contributed by atoms with Gasteiger partial charge in [-0.1, -0.05) is 0 Å². The topological polar surface area (TPSA) is 77.5 Å². The van der Waals surface area contributed by atoms with Crippen molar-refractivity contribution in [3.63, 3.8) is 0 Å². The molecule has 0 aliphatic carbocycles. The number of carbonyl (C=O) groups is 2. The van der Waals surface area contributed by atoms with Crippen LogP contribution < -0.4 is 0 Å². The summed E-state index contributed by atoms with van der Waals surface area (Å²) in [5.74, 6) is -0.597. The second-order valence-electron chi connectivity index (χ2n) is 7.71. The van der Waals surface area contributed by atoms with Crippen molar-refractivity contribution in [2.75, 3.05) is 0 Å². The molecule has 4 atom stereocenters. The van der Waals surface area contributed by atoms with E-state index in [4.69, 9.17) is 17.7 Å². The van der Waals surface area contributed by atoms with Crippen LogP contribution in [0.15, 0.2) is 0 Å². The van der Waals surface area contributed by atoms with Crippen LogP contribution in [0.2, 0.25) is 0 Å². The van der Waals surface area contributed by atoms with Crippen LogP contribution in [-0.2, 0) is 27.3 Å². The first-order valence-electron chi connectivity index (χ1n) is 8.06. The SMILES string of the molecule is CC1(C)O[Si]OC(=O)C2CC1N1C3CC(N21)C(C)(C)O[Si]OC3=O. The summed E-state index contributed by atoms with van der Waals surface area (Å²) in [6.07, 6.45) is 1.13. The number of nitrogens with zero attached hydrogens (tertiary/aromatic N) is 2. The van der Waals surface area contributed by atoms with E-state index in [-0.39, 0.29) is 44.0 Å². The zero-order valence-electron chi connectivity index (χ0n) is 14.1. The third-order valence-corrected chi connectivity index (χ3v) is 7.27. The van der Waals surface area contributed by atoms with Crippen LogP contribution in [0, 0.1) is 0 Å². The van der Waals surface area contributed by atoms with Gasteiger partial charge < -0.3 is 17.7 Å². The van der Waals surface area contributed by atoms with E-state index in [1.54, 1.807) is 0 Å². The molecule has 4 aliphatic heterocycles. The lowest BCUT2D eigenvalue weighted by Crippen LogP contribution is -2.56. The molecule has 0 amide bonds. The maximum atomic E-state index is 12.5. The number of rotatable bonds is 0. The van der Waals surface area contributed by atoms with E-state index >= 15 is 0 Å². The highest BCUT2D eigenvalue weighted by atomic mass is 28.3. The Morgan fingerprint density at radius 2 is 1.21 bits per heavy atom. The fraction of sp³-hybridized carbons (Fsp3) is 0.857. The van der Waals surface area contributed by atoms with E-state index in [0.29, 0.717) is 12.8 Å². The van der Waals surface area contributed by atoms with E-state index < -0.39 is 23.3 Å². The minimum atomic E-state index is -0.541. The van der Waals surface area contributed by atoms with Crippen LogP contribution in [0.1, 0.15) is 40.5 Å². The molecule has 0 aromatic heterocycles. The molecule has 4 bridgehead atoms. The summed E-state index contributed by atoms with van der Waals surface area (Å²) in [6.45, 7) is 7.90. The van der Waals surface area contributed by atoms with Crippen molar-refractivity contribution in [2.45, 2.75) is 75.9 Å². The number of hydrogen-bond acceptors (Lipinski definition) is 8. The smallest absolute Gasteiger partial charge is 0.489 e. The summed E-state index contributed by atoms with van der Waals surface area (Å²) in [7, 11) is -0.661. The van der Waals surface area contributed by atoms with Gasteiger partial charge in [0.1, 0.15) is 12.1 Å². The molecule has 4 radical (unpaired) electrons. The van der Waals surface area contributed by atoms with Crippen LogP contribution in [0.4, 0.5) is 0 Å². The van der Waals surface area contributed by atoms with E-state index in [2.05, 4.69) is 0 Å². The van der Waals surface area contributed by atoms with Crippen LogP contribution in [-0.4, -0.2) is 77.3 Å². The van der Waals surface area contributed by atoms with Gasteiger partial charge in [0.05, 0.1) is 23.3 Å². The van der Waals surface area contributed by atoms with Crippen molar-refractivity contribution in [1.82, 2.24) is 10.0 Å². The minimum Gasteiger partial charge on any atom is -0.489 e. The highest BCUT2D eigenvalue weighted by molar-refractivity contribution is 6.23. The van der Waals surface area contributed by atoms with Gasteiger partial charge in [-0.2, -0.15) is 0 Å². The molecule has 4 saturated heterocycles. The van der Waals surface area contributed by atoms with Gasteiger partial charge in [-0.05, 0) is 40.5 Å². The van der Waals surface area contributed by atoms with Crippen molar-refractivity contribution >= 4 is 32.0 Å². The third kappa shape index (κ3) is 2.31. The van der Waals surface area contributed by atoms with Crippen LogP contribution >= 0.6 is 0 Å². The highest BCUT2D eigenvalue weighted by Gasteiger charge is 2.63. The average molecular weight is 368 g/mol. The molecular weight excluding hydrogens is 348 g/mol. The fourth-order valence-electron chi connectivity index (χ4n) is 4.16. The number of fused-ring (bicyclic) bond motifs is 9. The molecule has 4 unspecified atom stereocenters. The summed E-state index contributed by atoms with van der Waals surface area (Å²) in [5.41, 5.74) is -1.08. The first-order chi connectivity index (χ1) is 11.2. The summed E-state index contributed by atoms with van der Waals surface area (Å²) >= 11 is 0. The first-order valence-corrected chi connectivity index (χ1v) is 9.69. The zero-order valence-corrected chi connectivity index (χ0v) is 16.1. The third-order valence-electron chi connectivity index (χ3n) is 5.48. The van der Waals surface area contributed by atoms with Gasteiger partial charge in [0.25, 0.3) is 0 Å². The lowest BCUT2D eigenvalue weighted by atomic mass is 9.89. The minimum absolute atomic E-state index is 0.0948. The van der Waals surface area contributed by atoms with Crippen LogP contribution in [0.25, 0.3) is 0 Å². The van der Waals surface area contributed by atoms with Gasteiger partial charge in [0.15, 0.2) is 0 Å². The second kappa shape index (κ2) is 5.35. The highest BCUT2D eigenvalue weighted by Crippen LogP contribution is 2.47. The van der Waals surface area contributed by atoms with Crippen molar-refractivity contribution in [1.29, 1.82) is 0 Å². The zero-order chi connectivity index (χ0) is 17.3. The Kier molecular flexibility index (Phi) is 3.72. The lowest BCUT2D eigenvalue weighted by Gasteiger charge is -2.40. The number of hydrazine groups is 1. The van der Waals surface area contributed by atoms with Crippen LogP contribution in [0.5, 0.6) is 0 Å². The quantitative estimate of drug-likeness (QED) is 0.533. The Labute approximate surface area is 145 Å². The molecule has 10 heteroatoms. The molecule has 130 valence electrons. The fourth-order valence-corrected chi connectivity index (χ4v) is 5.38. The van der Waals surface area contributed by atoms with Gasteiger partial charge in [-0.15, -0.1) is 0 Å². The molecule has 4 rings (SSSR count).